The summed E-state index contributed by atoms with van der Waals surface area (Å²) in [6.07, 6.45) is 0.704. The minimum Gasteiger partial charge on any atom is -0.493 e. The summed E-state index contributed by atoms with van der Waals surface area (Å²) in [5.41, 5.74) is 1.60. The SMILES string of the molecule is COc1ccc(CCNC(=O)C(C)N2CCN(Cc3c(F)cccc3Cl)CC2)cc1OC. The minimum absolute atomic E-state index is 0.0103. The van der Waals surface area contributed by atoms with Crippen molar-refractivity contribution in [1.29, 1.82) is 0 Å². The van der Waals surface area contributed by atoms with E-state index in [2.05, 4.69) is 15.1 Å². The lowest BCUT2D eigenvalue weighted by Crippen LogP contribution is -2.53. The molecule has 0 aliphatic carbocycles. The normalized spacial score (nSPS) is 15.9. The van der Waals surface area contributed by atoms with Crippen LogP contribution in [0.4, 0.5) is 4.39 Å². The smallest absolute Gasteiger partial charge is 0.237 e. The van der Waals surface area contributed by atoms with Crippen molar-refractivity contribution in [2.24, 2.45) is 0 Å². The maximum atomic E-state index is 14.0. The van der Waals surface area contributed by atoms with Crippen molar-refractivity contribution in [3.63, 3.8) is 0 Å². The van der Waals surface area contributed by atoms with Crippen LogP contribution >= 0.6 is 11.6 Å². The number of nitrogens with zero attached hydrogens (tertiary/aromatic N) is 2. The number of nitrogens with one attached hydrogen (secondary N) is 1. The Morgan fingerprint density at radius 2 is 1.84 bits per heavy atom. The second-order valence-electron chi connectivity index (χ2n) is 7.92. The first-order valence-corrected chi connectivity index (χ1v) is 11.2. The quantitative estimate of drug-likeness (QED) is 0.618. The van der Waals surface area contributed by atoms with Crippen molar-refractivity contribution in [1.82, 2.24) is 15.1 Å². The Bertz CT molecular complexity index is 899. The molecule has 32 heavy (non-hydrogen) atoms. The van der Waals surface area contributed by atoms with Crippen LogP contribution in [0.1, 0.15) is 18.1 Å². The Labute approximate surface area is 194 Å². The largest absolute Gasteiger partial charge is 0.493 e. The molecule has 2 aromatic carbocycles. The summed E-state index contributed by atoms with van der Waals surface area (Å²) < 4.78 is 24.6. The molecule has 1 N–H and O–H groups in total. The van der Waals surface area contributed by atoms with Gasteiger partial charge >= 0.3 is 0 Å². The predicted molar refractivity (Wildman–Crippen MR) is 124 cm³/mol. The molecule has 0 bridgehead atoms. The van der Waals surface area contributed by atoms with E-state index in [-0.39, 0.29) is 17.8 Å². The van der Waals surface area contributed by atoms with E-state index in [1.165, 1.54) is 6.07 Å². The van der Waals surface area contributed by atoms with Gasteiger partial charge in [0.05, 0.1) is 20.3 Å². The van der Waals surface area contributed by atoms with Gasteiger partial charge in [-0.25, -0.2) is 4.39 Å². The number of halogens is 2. The lowest BCUT2D eigenvalue weighted by molar-refractivity contribution is -0.126. The fourth-order valence-corrected chi connectivity index (χ4v) is 4.12. The van der Waals surface area contributed by atoms with Crippen LogP contribution in [0.15, 0.2) is 36.4 Å². The Morgan fingerprint density at radius 3 is 2.50 bits per heavy atom. The van der Waals surface area contributed by atoms with Gasteiger partial charge in [0, 0.05) is 49.9 Å². The third-order valence-electron chi connectivity index (χ3n) is 5.94. The molecule has 1 unspecified atom stereocenters. The molecule has 1 atom stereocenters. The average molecular weight is 464 g/mol. The molecule has 0 saturated carbocycles. The molecule has 1 amide bonds. The van der Waals surface area contributed by atoms with E-state index in [0.29, 0.717) is 41.6 Å². The fraction of sp³-hybridized carbons (Fsp3) is 0.458. The molecule has 0 spiro atoms. The van der Waals surface area contributed by atoms with Gasteiger partial charge in [0.1, 0.15) is 5.82 Å². The highest BCUT2D eigenvalue weighted by Gasteiger charge is 2.26. The summed E-state index contributed by atoms with van der Waals surface area (Å²) in [6, 6.07) is 10.3. The number of amides is 1. The van der Waals surface area contributed by atoms with Crippen molar-refractivity contribution in [3.8, 4) is 11.5 Å². The molecule has 1 saturated heterocycles. The fourth-order valence-electron chi connectivity index (χ4n) is 3.90. The number of benzene rings is 2. The third kappa shape index (κ3) is 6.12. The van der Waals surface area contributed by atoms with Crippen LogP contribution in [0.5, 0.6) is 11.5 Å². The molecule has 2 aromatic rings. The standard InChI is InChI=1S/C24H31ClFN3O3/c1-17(24(30)27-10-9-18-7-8-22(31-2)23(15-18)32-3)29-13-11-28(12-14-29)16-19-20(25)5-4-6-21(19)26/h4-8,15,17H,9-14,16H2,1-3H3,(H,27,30). The number of piperazine rings is 1. The van der Waals surface area contributed by atoms with Crippen LogP contribution in [0, 0.1) is 5.82 Å². The van der Waals surface area contributed by atoms with Crippen molar-refractivity contribution in [2.75, 3.05) is 46.9 Å². The highest BCUT2D eigenvalue weighted by atomic mass is 35.5. The van der Waals surface area contributed by atoms with Gasteiger partial charge in [-0.2, -0.15) is 0 Å². The summed E-state index contributed by atoms with van der Waals surface area (Å²) in [4.78, 5) is 17.0. The van der Waals surface area contributed by atoms with E-state index in [9.17, 15) is 9.18 Å². The molecule has 174 valence electrons. The van der Waals surface area contributed by atoms with Crippen molar-refractivity contribution >= 4 is 17.5 Å². The molecule has 1 heterocycles. The van der Waals surface area contributed by atoms with Crippen LogP contribution < -0.4 is 14.8 Å². The lowest BCUT2D eigenvalue weighted by Gasteiger charge is -2.37. The zero-order chi connectivity index (χ0) is 23.1. The highest BCUT2D eigenvalue weighted by Crippen LogP contribution is 2.27. The number of ether oxygens (including phenoxy) is 2. The first-order chi connectivity index (χ1) is 15.4. The maximum absolute atomic E-state index is 14.0. The molecule has 6 nitrogen and oxygen atoms in total. The van der Waals surface area contributed by atoms with E-state index < -0.39 is 0 Å². The summed E-state index contributed by atoms with van der Waals surface area (Å²) in [5, 5.41) is 3.48. The van der Waals surface area contributed by atoms with E-state index in [1.54, 1.807) is 26.4 Å². The summed E-state index contributed by atoms with van der Waals surface area (Å²) in [6.45, 7) is 5.96. The molecule has 1 aliphatic heterocycles. The zero-order valence-corrected chi connectivity index (χ0v) is 19.6. The number of carbonyl (C=O) groups excluding carboxylic acids is 1. The number of carbonyl (C=O) groups is 1. The minimum atomic E-state index is -0.276. The van der Waals surface area contributed by atoms with Gasteiger partial charge in [0.25, 0.3) is 0 Å². The topological polar surface area (TPSA) is 54.0 Å². The second kappa shape index (κ2) is 11.5. The van der Waals surface area contributed by atoms with Gasteiger partial charge in [-0.1, -0.05) is 23.7 Å². The highest BCUT2D eigenvalue weighted by molar-refractivity contribution is 6.31. The molecule has 3 rings (SSSR count). The van der Waals surface area contributed by atoms with Gasteiger partial charge in [-0.05, 0) is 43.2 Å². The monoisotopic (exact) mass is 463 g/mol. The molecule has 0 aromatic heterocycles. The molecule has 8 heteroatoms. The second-order valence-corrected chi connectivity index (χ2v) is 8.33. The van der Waals surface area contributed by atoms with Crippen molar-refractivity contribution in [2.45, 2.75) is 25.9 Å². The third-order valence-corrected chi connectivity index (χ3v) is 6.29. The predicted octanol–water partition coefficient (Wildman–Crippen LogP) is 3.36. The van der Waals surface area contributed by atoms with Crippen molar-refractivity contribution in [3.05, 3.63) is 58.4 Å². The Kier molecular flexibility index (Phi) is 8.73. The van der Waals surface area contributed by atoms with Crippen LogP contribution in [0.2, 0.25) is 5.02 Å². The van der Waals surface area contributed by atoms with Crippen molar-refractivity contribution < 1.29 is 18.7 Å². The van der Waals surface area contributed by atoms with Gasteiger partial charge in [0.15, 0.2) is 11.5 Å². The summed E-state index contributed by atoms with van der Waals surface area (Å²) in [5.74, 6) is 1.10. The van der Waals surface area contributed by atoms with Crippen LogP contribution in [-0.4, -0.2) is 68.7 Å². The number of rotatable bonds is 9. The molecule has 1 aliphatic rings. The number of hydrogen-bond donors (Lipinski definition) is 1. The van der Waals surface area contributed by atoms with E-state index in [1.807, 2.05) is 25.1 Å². The van der Waals surface area contributed by atoms with Crippen LogP contribution in [0.3, 0.4) is 0 Å². The maximum Gasteiger partial charge on any atom is 0.237 e. The molecule has 0 radical (unpaired) electrons. The van der Waals surface area contributed by atoms with Crippen LogP contribution in [0.25, 0.3) is 0 Å². The van der Waals surface area contributed by atoms with Gasteiger partial charge in [0.2, 0.25) is 5.91 Å². The van der Waals surface area contributed by atoms with Gasteiger partial charge < -0.3 is 14.8 Å². The first-order valence-electron chi connectivity index (χ1n) is 10.8. The Hall–Kier alpha value is -2.35. The number of methoxy groups -OCH3 is 2. The number of hydrogen-bond acceptors (Lipinski definition) is 5. The lowest BCUT2D eigenvalue weighted by atomic mass is 10.1. The first kappa shape index (κ1) is 24.3. The Morgan fingerprint density at radius 1 is 1.12 bits per heavy atom. The van der Waals surface area contributed by atoms with Crippen LogP contribution in [-0.2, 0) is 17.8 Å². The van der Waals surface area contributed by atoms with E-state index in [0.717, 1.165) is 31.7 Å². The zero-order valence-electron chi connectivity index (χ0n) is 18.9. The molecular weight excluding hydrogens is 433 g/mol. The Balaban J connectivity index is 1.44. The van der Waals surface area contributed by atoms with E-state index >= 15 is 0 Å². The molecule has 1 fully saturated rings. The van der Waals surface area contributed by atoms with Gasteiger partial charge in [-0.15, -0.1) is 0 Å². The molecular formula is C24H31ClFN3O3. The average Bonchev–Trinajstić information content (AvgIpc) is 2.81. The summed E-state index contributed by atoms with van der Waals surface area (Å²) >= 11 is 6.15. The summed E-state index contributed by atoms with van der Waals surface area (Å²) in [7, 11) is 3.21. The van der Waals surface area contributed by atoms with Gasteiger partial charge in [-0.3, -0.25) is 14.6 Å². The van der Waals surface area contributed by atoms with E-state index in [4.69, 9.17) is 21.1 Å².